The van der Waals surface area contributed by atoms with Crippen molar-refractivity contribution in [1.82, 2.24) is 9.55 Å². The number of imidazole rings is 1. The van der Waals surface area contributed by atoms with E-state index in [1.54, 1.807) is 12.1 Å². The molecule has 3 unspecified atom stereocenters. The lowest BCUT2D eigenvalue weighted by molar-refractivity contribution is 0.594. The van der Waals surface area contributed by atoms with Crippen LogP contribution in [-0.2, 0) is 0 Å². The van der Waals surface area contributed by atoms with Gasteiger partial charge in [-0.2, -0.15) is 0 Å². The van der Waals surface area contributed by atoms with Crippen LogP contribution in [0.15, 0.2) is 16.6 Å². The predicted molar refractivity (Wildman–Crippen MR) is 83.7 cm³/mol. The number of halogens is 3. The molecule has 20 heavy (non-hydrogen) atoms. The molecule has 0 radical (unpaired) electrons. The monoisotopic (exact) mass is 358 g/mol. The normalized spacial score (nSPS) is 23.2. The van der Waals surface area contributed by atoms with E-state index in [0.29, 0.717) is 16.4 Å². The number of aromatic nitrogens is 2. The van der Waals surface area contributed by atoms with Gasteiger partial charge in [-0.05, 0) is 47.7 Å². The summed E-state index contributed by atoms with van der Waals surface area (Å²) in [5, 5.41) is -0.174. The molecular weight excluding hydrogens is 343 g/mol. The fourth-order valence-corrected chi connectivity index (χ4v) is 3.45. The van der Waals surface area contributed by atoms with Gasteiger partial charge >= 0.3 is 0 Å². The number of nitrogens with zero attached hydrogens (tertiary/aromatic N) is 2. The molecule has 1 aromatic heterocycles. The van der Waals surface area contributed by atoms with Crippen LogP contribution in [0.5, 0.6) is 0 Å². The lowest BCUT2D eigenvalue weighted by Crippen LogP contribution is -2.04. The first-order valence-electron chi connectivity index (χ1n) is 7.03. The second-order valence-electron chi connectivity index (χ2n) is 5.56. The van der Waals surface area contributed by atoms with Gasteiger partial charge in [-0.1, -0.05) is 13.3 Å². The Morgan fingerprint density at radius 1 is 1.55 bits per heavy atom. The first-order chi connectivity index (χ1) is 9.52. The highest BCUT2D eigenvalue weighted by atomic mass is 79.9. The van der Waals surface area contributed by atoms with Gasteiger partial charge in [-0.25, -0.2) is 9.37 Å². The SMILES string of the molecule is CCCC1CC1n1c(C(C)Cl)nc2cc(Br)c(F)cc21. The van der Waals surface area contributed by atoms with Crippen LogP contribution in [-0.4, -0.2) is 9.55 Å². The minimum Gasteiger partial charge on any atom is -0.323 e. The van der Waals surface area contributed by atoms with E-state index in [0.717, 1.165) is 23.3 Å². The van der Waals surface area contributed by atoms with E-state index in [-0.39, 0.29) is 11.2 Å². The summed E-state index contributed by atoms with van der Waals surface area (Å²) in [5.74, 6) is 1.28. The second-order valence-corrected chi connectivity index (χ2v) is 7.07. The van der Waals surface area contributed by atoms with Crippen LogP contribution in [0.25, 0.3) is 11.0 Å². The van der Waals surface area contributed by atoms with Gasteiger partial charge in [0.05, 0.1) is 20.9 Å². The van der Waals surface area contributed by atoms with Crippen LogP contribution in [0.1, 0.15) is 50.4 Å². The van der Waals surface area contributed by atoms with Crippen molar-refractivity contribution in [3.63, 3.8) is 0 Å². The molecule has 1 aliphatic carbocycles. The molecule has 1 fully saturated rings. The van der Waals surface area contributed by atoms with E-state index >= 15 is 0 Å². The molecule has 0 spiro atoms. The number of hydrogen-bond donors (Lipinski definition) is 0. The van der Waals surface area contributed by atoms with E-state index in [4.69, 9.17) is 11.6 Å². The fourth-order valence-electron chi connectivity index (χ4n) is 2.97. The van der Waals surface area contributed by atoms with Crippen molar-refractivity contribution < 1.29 is 4.39 Å². The zero-order valence-electron chi connectivity index (χ0n) is 11.5. The molecule has 5 heteroatoms. The largest absolute Gasteiger partial charge is 0.323 e. The third-order valence-electron chi connectivity index (χ3n) is 3.99. The van der Waals surface area contributed by atoms with E-state index in [1.807, 2.05) is 6.92 Å². The third kappa shape index (κ3) is 2.37. The molecule has 108 valence electrons. The Bertz CT molecular complexity index is 653. The molecule has 2 aromatic rings. The summed E-state index contributed by atoms with van der Waals surface area (Å²) < 4.78 is 16.5. The van der Waals surface area contributed by atoms with E-state index in [1.165, 1.54) is 12.8 Å². The van der Waals surface area contributed by atoms with Crippen LogP contribution < -0.4 is 0 Å². The van der Waals surface area contributed by atoms with Crippen molar-refractivity contribution in [2.75, 3.05) is 0 Å². The summed E-state index contributed by atoms with van der Waals surface area (Å²) in [5.41, 5.74) is 1.67. The molecule has 3 rings (SSSR count). The molecule has 1 saturated carbocycles. The molecule has 0 saturated heterocycles. The van der Waals surface area contributed by atoms with Gasteiger partial charge in [0.1, 0.15) is 11.6 Å². The molecule has 0 bridgehead atoms. The van der Waals surface area contributed by atoms with E-state index < -0.39 is 0 Å². The molecule has 0 aliphatic heterocycles. The standard InChI is InChI=1S/C15H17BrClFN2/c1-3-4-9-5-13(9)20-14-7-11(18)10(16)6-12(14)19-15(20)8(2)17/h6-9,13H,3-5H2,1-2H3. The highest BCUT2D eigenvalue weighted by Crippen LogP contribution is 2.49. The van der Waals surface area contributed by atoms with Gasteiger partial charge in [0.25, 0.3) is 0 Å². The molecule has 0 N–H and O–H groups in total. The Labute approximate surface area is 131 Å². The van der Waals surface area contributed by atoms with Gasteiger partial charge in [-0.3, -0.25) is 0 Å². The second kappa shape index (κ2) is 5.30. The Morgan fingerprint density at radius 3 is 2.95 bits per heavy atom. The van der Waals surface area contributed by atoms with Crippen LogP contribution in [0, 0.1) is 11.7 Å². The van der Waals surface area contributed by atoms with Crippen molar-refractivity contribution in [3.05, 3.63) is 28.2 Å². The molecular formula is C15H17BrClFN2. The van der Waals surface area contributed by atoms with Crippen molar-refractivity contribution in [2.24, 2.45) is 5.92 Å². The third-order valence-corrected chi connectivity index (χ3v) is 4.79. The minimum absolute atomic E-state index is 0.174. The lowest BCUT2D eigenvalue weighted by atomic mass is 10.2. The molecule has 3 atom stereocenters. The summed E-state index contributed by atoms with van der Waals surface area (Å²) in [6, 6.07) is 3.73. The Kier molecular flexibility index (Phi) is 3.80. The maximum Gasteiger partial charge on any atom is 0.139 e. The smallest absolute Gasteiger partial charge is 0.139 e. The zero-order valence-corrected chi connectivity index (χ0v) is 13.9. The topological polar surface area (TPSA) is 17.8 Å². The van der Waals surface area contributed by atoms with Crippen LogP contribution in [0.4, 0.5) is 4.39 Å². The first-order valence-corrected chi connectivity index (χ1v) is 8.26. The number of fused-ring (bicyclic) bond motifs is 1. The first kappa shape index (κ1) is 14.3. The van der Waals surface area contributed by atoms with E-state index in [2.05, 4.69) is 32.4 Å². The van der Waals surface area contributed by atoms with Gasteiger partial charge in [0.2, 0.25) is 0 Å². The molecule has 1 heterocycles. The minimum atomic E-state index is -0.250. The lowest BCUT2D eigenvalue weighted by Gasteiger charge is -2.10. The Morgan fingerprint density at radius 2 is 2.30 bits per heavy atom. The molecule has 0 amide bonds. The maximum absolute atomic E-state index is 13.8. The van der Waals surface area contributed by atoms with Gasteiger partial charge < -0.3 is 4.57 Å². The summed E-state index contributed by atoms with van der Waals surface area (Å²) in [4.78, 5) is 4.60. The summed E-state index contributed by atoms with van der Waals surface area (Å²) in [6.45, 7) is 4.12. The summed E-state index contributed by atoms with van der Waals surface area (Å²) >= 11 is 9.49. The van der Waals surface area contributed by atoms with Crippen LogP contribution in [0.2, 0.25) is 0 Å². The average molecular weight is 360 g/mol. The zero-order chi connectivity index (χ0) is 14.4. The van der Waals surface area contributed by atoms with Crippen molar-refractivity contribution in [2.45, 2.75) is 44.5 Å². The predicted octanol–water partition coefficient (Wildman–Crippen LogP) is 5.60. The average Bonchev–Trinajstić information content (AvgIpc) is 3.04. The number of alkyl halides is 1. The van der Waals surface area contributed by atoms with Crippen molar-refractivity contribution in [1.29, 1.82) is 0 Å². The fraction of sp³-hybridized carbons (Fsp3) is 0.533. The number of benzene rings is 1. The van der Waals surface area contributed by atoms with Gasteiger partial charge in [0, 0.05) is 12.1 Å². The highest BCUT2D eigenvalue weighted by Gasteiger charge is 2.40. The summed E-state index contributed by atoms with van der Waals surface area (Å²) in [6.07, 6.45) is 3.53. The Balaban J connectivity index is 2.12. The molecule has 2 nitrogen and oxygen atoms in total. The van der Waals surface area contributed by atoms with Crippen molar-refractivity contribution >= 4 is 38.6 Å². The highest BCUT2D eigenvalue weighted by molar-refractivity contribution is 9.10. The van der Waals surface area contributed by atoms with Gasteiger partial charge in [0.15, 0.2) is 0 Å². The van der Waals surface area contributed by atoms with E-state index in [9.17, 15) is 4.39 Å². The van der Waals surface area contributed by atoms with Crippen LogP contribution >= 0.6 is 27.5 Å². The molecule has 1 aromatic carbocycles. The number of rotatable bonds is 4. The molecule has 1 aliphatic rings. The van der Waals surface area contributed by atoms with Crippen LogP contribution in [0.3, 0.4) is 0 Å². The maximum atomic E-state index is 13.8. The number of hydrogen-bond acceptors (Lipinski definition) is 1. The van der Waals surface area contributed by atoms with Crippen molar-refractivity contribution in [3.8, 4) is 0 Å². The van der Waals surface area contributed by atoms with Gasteiger partial charge in [-0.15, -0.1) is 11.6 Å². The quantitative estimate of drug-likeness (QED) is 0.650. The Hall–Kier alpha value is -0.610. The summed E-state index contributed by atoms with van der Waals surface area (Å²) in [7, 11) is 0.